The van der Waals surface area contributed by atoms with Gasteiger partial charge in [-0.15, -0.1) is 0 Å². The maximum absolute atomic E-state index is 6.87. The lowest BCUT2D eigenvalue weighted by molar-refractivity contribution is 0.661. The van der Waals surface area contributed by atoms with Gasteiger partial charge < -0.3 is 8.98 Å². The molecule has 0 radical (unpaired) electrons. The van der Waals surface area contributed by atoms with Crippen molar-refractivity contribution >= 4 is 43.7 Å². The van der Waals surface area contributed by atoms with Crippen LogP contribution in [0, 0.1) is 0 Å². The van der Waals surface area contributed by atoms with Crippen LogP contribution in [0.5, 0.6) is 0 Å². The molecule has 0 bridgehead atoms. The molecule has 5 heteroatoms. The van der Waals surface area contributed by atoms with Gasteiger partial charge in [-0.05, 0) is 64.7 Å². The number of fused-ring (bicyclic) bond motifs is 10. The molecule has 0 aliphatic heterocycles. The first-order valence-corrected chi connectivity index (χ1v) is 18.0. The molecule has 7 aromatic carbocycles. The number of benzene rings is 7. The number of furan rings is 1. The molecule has 53 heavy (non-hydrogen) atoms. The minimum atomic E-state index is -0.119. The summed E-state index contributed by atoms with van der Waals surface area (Å²) < 4.78 is 9.30. The third-order valence-corrected chi connectivity index (χ3v) is 11.0. The zero-order chi connectivity index (χ0) is 35.3. The molecular weight excluding hydrogens is 649 g/mol. The molecule has 1 aliphatic rings. The quantitative estimate of drug-likeness (QED) is 0.186. The van der Waals surface area contributed by atoms with Gasteiger partial charge in [-0.3, -0.25) is 0 Å². The number of hydrogen-bond donors (Lipinski definition) is 0. The highest BCUT2D eigenvalue weighted by Gasteiger charge is 2.36. The second kappa shape index (κ2) is 11.1. The summed E-state index contributed by atoms with van der Waals surface area (Å²) in [6.45, 7) is 4.69. The number of nitrogens with zero attached hydrogens (tertiary/aromatic N) is 4. The maximum atomic E-state index is 6.87. The lowest BCUT2D eigenvalue weighted by Crippen LogP contribution is -2.14. The van der Waals surface area contributed by atoms with Crippen LogP contribution in [0.25, 0.3) is 94.7 Å². The Labute approximate surface area is 305 Å². The summed E-state index contributed by atoms with van der Waals surface area (Å²) in [4.78, 5) is 15.1. The van der Waals surface area contributed by atoms with E-state index in [1.54, 1.807) is 0 Å². The molecule has 3 aromatic heterocycles. The third kappa shape index (κ3) is 4.34. The van der Waals surface area contributed by atoms with E-state index in [4.69, 9.17) is 19.4 Å². The molecule has 1 aliphatic carbocycles. The van der Waals surface area contributed by atoms with E-state index in [-0.39, 0.29) is 5.41 Å². The minimum Gasteiger partial charge on any atom is -0.455 e. The predicted molar refractivity (Wildman–Crippen MR) is 215 cm³/mol. The molecule has 0 fully saturated rings. The summed E-state index contributed by atoms with van der Waals surface area (Å²) in [5.41, 5.74) is 12.9. The monoisotopic (exact) mass is 680 g/mol. The zero-order valence-electron chi connectivity index (χ0n) is 29.2. The van der Waals surface area contributed by atoms with Crippen LogP contribution < -0.4 is 0 Å². The van der Waals surface area contributed by atoms with Gasteiger partial charge in [0.15, 0.2) is 17.5 Å². The van der Waals surface area contributed by atoms with E-state index in [1.807, 2.05) is 60.7 Å². The highest BCUT2D eigenvalue weighted by molar-refractivity contribution is 6.26. The maximum Gasteiger partial charge on any atom is 0.167 e. The molecule has 5 nitrogen and oxygen atoms in total. The second-order valence-corrected chi connectivity index (χ2v) is 14.4. The number of para-hydroxylation sites is 2. The fraction of sp³-hybridized carbons (Fsp3) is 0.0625. The Morgan fingerprint density at radius 2 is 1.11 bits per heavy atom. The van der Waals surface area contributed by atoms with Gasteiger partial charge in [-0.2, -0.15) is 0 Å². The molecule has 3 heterocycles. The molecule has 0 saturated carbocycles. The van der Waals surface area contributed by atoms with E-state index in [1.165, 1.54) is 38.5 Å². The van der Waals surface area contributed by atoms with Crippen molar-refractivity contribution in [3.63, 3.8) is 0 Å². The molecule has 10 aromatic rings. The van der Waals surface area contributed by atoms with Crippen LogP contribution in [0.15, 0.2) is 162 Å². The van der Waals surface area contributed by atoms with Crippen LogP contribution in [0.3, 0.4) is 0 Å². The summed E-state index contributed by atoms with van der Waals surface area (Å²) in [5.74, 6) is 1.80. The Bertz CT molecular complexity index is 3010. The topological polar surface area (TPSA) is 56.7 Å². The lowest BCUT2D eigenvalue weighted by atomic mass is 9.82. The molecule has 0 atom stereocenters. The van der Waals surface area contributed by atoms with Crippen molar-refractivity contribution in [1.29, 1.82) is 0 Å². The molecule has 0 spiro atoms. The van der Waals surface area contributed by atoms with Gasteiger partial charge in [0.1, 0.15) is 11.2 Å². The van der Waals surface area contributed by atoms with Crippen molar-refractivity contribution in [2.24, 2.45) is 0 Å². The second-order valence-electron chi connectivity index (χ2n) is 14.4. The average Bonchev–Trinajstić information content (AvgIpc) is 3.83. The van der Waals surface area contributed by atoms with Gasteiger partial charge in [-0.25, -0.2) is 15.0 Å². The van der Waals surface area contributed by atoms with Gasteiger partial charge in [0.05, 0.1) is 22.0 Å². The zero-order valence-corrected chi connectivity index (χ0v) is 29.2. The molecule has 0 unspecified atom stereocenters. The number of rotatable bonds is 4. The fourth-order valence-corrected chi connectivity index (χ4v) is 8.53. The largest absolute Gasteiger partial charge is 0.455 e. The first kappa shape index (κ1) is 29.8. The Hall–Kier alpha value is -6.85. The smallest absolute Gasteiger partial charge is 0.167 e. The van der Waals surface area contributed by atoms with Gasteiger partial charge in [0, 0.05) is 38.4 Å². The van der Waals surface area contributed by atoms with E-state index >= 15 is 0 Å². The summed E-state index contributed by atoms with van der Waals surface area (Å²) in [5, 5.41) is 4.50. The Morgan fingerprint density at radius 3 is 1.83 bits per heavy atom. The van der Waals surface area contributed by atoms with Crippen molar-refractivity contribution in [3.8, 4) is 51.0 Å². The SMILES string of the molecule is CC1(C)c2ccccc2-c2cc3c4ccc5oc6c(-c7nc(-c8ccccc8)nc(-c8ccccc8)n7)cccc6c5c4n(-c4ccccc4)c3cc21. The minimum absolute atomic E-state index is 0.119. The number of hydrogen-bond acceptors (Lipinski definition) is 4. The van der Waals surface area contributed by atoms with Crippen LogP contribution >= 0.6 is 0 Å². The first-order valence-electron chi connectivity index (χ1n) is 18.0. The van der Waals surface area contributed by atoms with Crippen LogP contribution in [-0.2, 0) is 5.41 Å². The van der Waals surface area contributed by atoms with Crippen molar-refractivity contribution in [3.05, 3.63) is 169 Å². The molecule has 11 rings (SSSR count). The van der Waals surface area contributed by atoms with Gasteiger partial charge in [0.25, 0.3) is 0 Å². The van der Waals surface area contributed by atoms with Crippen molar-refractivity contribution in [1.82, 2.24) is 19.5 Å². The van der Waals surface area contributed by atoms with Gasteiger partial charge in [0.2, 0.25) is 0 Å². The lowest BCUT2D eigenvalue weighted by Gasteiger charge is -2.21. The van der Waals surface area contributed by atoms with E-state index in [0.29, 0.717) is 17.5 Å². The van der Waals surface area contributed by atoms with Crippen molar-refractivity contribution in [2.45, 2.75) is 19.3 Å². The molecule has 0 amide bonds. The molecule has 250 valence electrons. The number of aromatic nitrogens is 4. The average molecular weight is 681 g/mol. The summed E-state index contributed by atoms with van der Waals surface area (Å²) in [6.07, 6.45) is 0. The summed E-state index contributed by atoms with van der Waals surface area (Å²) in [7, 11) is 0. The van der Waals surface area contributed by atoms with E-state index in [0.717, 1.165) is 49.8 Å². The normalized spacial score (nSPS) is 13.2. The first-order chi connectivity index (χ1) is 26.0. The fourth-order valence-electron chi connectivity index (χ4n) is 8.53. The van der Waals surface area contributed by atoms with Crippen molar-refractivity contribution < 1.29 is 4.42 Å². The highest BCUT2D eigenvalue weighted by atomic mass is 16.3. The predicted octanol–water partition coefficient (Wildman–Crippen LogP) is 12.2. The van der Waals surface area contributed by atoms with Gasteiger partial charge >= 0.3 is 0 Å². The summed E-state index contributed by atoms with van der Waals surface area (Å²) in [6, 6.07) is 55.2. The Morgan fingerprint density at radius 1 is 0.491 bits per heavy atom. The molecule has 0 saturated heterocycles. The summed E-state index contributed by atoms with van der Waals surface area (Å²) >= 11 is 0. The van der Waals surface area contributed by atoms with Crippen molar-refractivity contribution in [2.75, 3.05) is 0 Å². The Kier molecular flexibility index (Phi) is 6.23. The standard InChI is InChI=1S/C48H32N4O/c1-48(2)38-24-13-12-21-32(38)36-27-37-33-25-26-41-42(43(33)52(40(37)28-39(36)48)31-19-10-5-11-20-31)34-22-14-23-35(44(34)53-41)47-50-45(29-15-6-3-7-16-29)49-46(51-47)30-17-8-4-9-18-30/h3-28H,1-2H3. The van der Waals surface area contributed by atoms with E-state index in [9.17, 15) is 0 Å². The highest BCUT2D eigenvalue weighted by Crippen LogP contribution is 2.52. The van der Waals surface area contributed by atoms with Gasteiger partial charge in [-0.1, -0.05) is 129 Å². The van der Waals surface area contributed by atoms with E-state index < -0.39 is 0 Å². The third-order valence-electron chi connectivity index (χ3n) is 11.0. The van der Waals surface area contributed by atoms with Crippen LogP contribution in [0.1, 0.15) is 25.0 Å². The van der Waals surface area contributed by atoms with Crippen LogP contribution in [0.2, 0.25) is 0 Å². The molecular formula is C48H32N4O. The Balaban J connectivity index is 1.22. The van der Waals surface area contributed by atoms with Crippen LogP contribution in [-0.4, -0.2) is 19.5 Å². The van der Waals surface area contributed by atoms with Crippen LogP contribution in [0.4, 0.5) is 0 Å². The van der Waals surface area contributed by atoms with E-state index in [2.05, 4.69) is 115 Å². The molecule has 0 N–H and O–H groups in total.